The van der Waals surface area contributed by atoms with Gasteiger partial charge in [0.25, 0.3) is 0 Å². The fraction of sp³-hybridized carbons (Fsp3) is 0.600. The maximum atomic E-state index is 11.5. The van der Waals surface area contributed by atoms with Crippen LogP contribution in [-0.2, 0) is 11.3 Å². The molecule has 2 N–H and O–H groups in total. The Morgan fingerprint density at radius 2 is 2.30 bits per heavy atom. The van der Waals surface area contributed by atoms with Crippen molar-refractivity contribution in [2.24, 2.45) is 4.99 Å². The van der Waals surface area contributed by atoms with Crippen LogP contribution >= 0.6 is 51.2 Å². The number of carbonyl (C=O) groups is 1. The quantitative estimate of drug-likeness (QED) is 0.254. The van der Waals surface area contributed by atoms with Crippen molar-refractivity contribution in [3.63, 3.8) is 0 Å². The average Bonchev–Trinajstić information content (AvgIpc) is 3.09. The molecule has 2 heterocycles. The van der Waals surface area contributed by atoms with E-state index in [0.29, 0.717) is 18.9 Å². The molecule has 0 radical (unpaired) electrons. The number of nitrogens with one attached hydrogen (secondary N) is 2. The van der Waals surface area contributed by atoms with Gasteiger partial charge in [0.2, 0.25) is 5.91 Å². The van der Waals surface area contributed by atoms with Gasteiger partial charge in [-0.2, -0.15) is 0 Å². The zero-order valence-electron chi connectivity index (χ0n) is 13.3. The van der Waals surface area contributed by atoms with E-state index in [0.717, 1.165) is 49.5 Å². The van der Waals surface area contributed by atoms with E-state index >= 15 is 0 Å². The molecule has 1 aliphatic rings. The van der Waals surface area contributed by atoms with Crippen molar-refractivity contribution in [1.82, 2.24) is 15.5 Å². The molecule has 0 bridgehead atoms. The number of hydrogen-bond acceptors (Lipinski definition) is 3. The Balaban J connectivity index is 0.00000264. The van der Waals surface area contributed by atoms with Crippen LogP contribution in [0.4, 0.5) is 0 Å². The molecule has 23 heavy (non-hydrogen) atoms. The minimum atomic E-state index is 0. The van der Waals surface area contributed by atoms with Gasteiger partial charge in [-0.1, -0.05) is 0 Å². The number of rotatable bonds is 7. The van der Waals surface area contributed by atoms with E-state index in [1.807, 2.05) is 4.90 Å². The van der Waals surface area contributed by atoms with Crippen molar-refractivity contribution in [2.75, 3.05) is 26.2 Å². The van der Waals surface area contributed by atoms with Gasteiger partial charge in [0, 0.05) is 47.3 Å². The molecule has 1 amide bonds. The van der Waals surface area contributed by atoms with Gasteiger partial charge in [0.05, 0.1) is 6.54 Å². The van der Waals surface area contributed by atoms with Crippen molar-refractivity contribution >= 4 is 63.1 Å². The Kier molecular flexibility index (Phi) is 10.1. The summed E-state index contributed by atoms with van der Waals surface area (Å²) in [5.74, 6) is 1.13. The predicted octanol–water partition coefficient (Wildman–Crippen LogP) is 3.20. The first-order valence-electron chi connectivity index (χ1n) is 7.72. The summed E-state index contributed by atoms with van der Waals surface area (Å²) in [7, 11) is 0. The molecule has 0 spiro atoms. The highest BCUT2D eigenvalue weighted by atomic mass is 127. The summed E-state index contributed by atoms with van der Waals surface area (Å²) in [5, 5.41) is 8.65. The van der Waals surface area contributed by atoms with E-state index < -0.39 is 0 Å². The van der Waals surface area contributed by atoms with Crippen LogP contribution in [0.3, 0.4) is 0 Å². The standard InChI is InChI=1S/C15H23BrN4OS.HI/c1-2-17-15(19-10-13-9-12(16)11-22-13)18-6-4-8-20-7-3-5-14(20)21;/h9,11H,2-8,10H2,1H3,(H2,17,18,19);1H. The number of halogens is 2. The first-order chi connectivity index (χ1) is 10.7. The summed E-state index contributed by atoms with van der Waals surface area (Å²) < 4.78 is 1.11. The third kappa shape index (κ3) is 7.38. The van der Waals surface area contributed by atoms with Gasteiger partial charge in [-0.3, -0.25) is 4.79 Å². The first kappa shape index (κ1) is 20.7. The molecule has 0 saturated carbocycles. The van der Waals surface area contributed by atoms with Gasteiger partial charge in [0.15, 0.2) is 5.96 Å². The molecule has 0 unspecified atom stereocenters. The molecule has 5 nitrogen and oxygen atoms in total. The summed E-state index contributed by atoms with van der Waals surface area (Å²) >= 11 is 5.16. The molecular formula is C15H24BrIN4OS. The summed E-state index contributed by atoms with van der Waals surface area (Å²) in [4.78, 5) is 19.3. The van der Waals surface area contributed by atoms with E-state index in [9.17, 15) is 4.79 Å². The van der Waals surface area contributed by atoms with Gasteiger partial charge in [-0.25, -0.2) is 4.99 Å². The Morgan fingerprint density at radius 3 is 2.91 bits per heavy atom. The van der Waals surface area contributed by atoms with E-state index in [-0.39, 0.29) is 24.0 Å². The zero-order valence-corrected chi connectivity index (χ0v) is 18.0. The van der Waals surface area contributed by atoms with Crippen LogP contribution in [0.25, 0.3) is 0 Å². The monoisotopic (exact) mass is 514 g/mol. The fourth-order valence-electron chi connectivity index (χ4n) is 2.35. The molecule has 1 fully saturated rings. The van der Waals surface area contributed by atoms with Crippen LogP contribution in [0.15, 0.2) is 20.9 Å². The van der Waals surface area contributed by atoms with Crippen LogP contribution in [0.5, 0.6) is 0 Å². The number of hydrogen-bond donors (Lipinski definition) is 2. The lowest BCUT2D eigenvalue weighted by molar-refractivity contribution is -0.127. The number of nitrogens with zero attached hydrogens (tertiary/aromatic N) is 2. The molecular weight excluding hydrogens is 491 g/mol. The third-order valence-electron chi connectivity index (χ3n) is 3.43. The van der Waals surface area contributed by atoms with Crippen LogP contribution in [0, 0.1) is 0 Å². The minimum Gasteiger partial charge on any atom is -0.357 e. The molecule has 1 aromatic rings. The Hall–Kier alpha value is -0.350. The van der Waals surface area contributed by atoms with E-state index in [1.165, 1.54) is 4.88 Å². The number of aliphatic imine (C=N–C) groups is 1. The Labute approximate surface area is 167 Å². The molecule has 0 aromatic carbocycles. The average molecular weight is 515 g/mol. The highest BCUT2D eigenvalue weighted by Crippen LogP contribution is 2.20. The minimum absolute atomic E-state index is 0. The Morgan fingerprint density at radius 1 is 1.48 bits per heavy atom. The number of thiophene rings is 1. The number of guanidine groups is 1. The Bertz CT molecular complexity index is 523. The number of carbonyl (C=O) groups excluding carboxylic acids is 1. The summed E-state index contributed by atoms with van der Waals surface area (Å²) in [6.07, 6.45) is 2.67. The predicted molar refractivity (Wildman–Crippen MR) is 111 cm³/mol. The van der Waals surface area contributed by atoms with Crippen molar-refractivity contribution in [3.05, 3.63) is 20.8 Å². The van der Waals surface area contributed by atoms with E-state index in [2.05, 4.69) is 49.9 Å². The van der Waals surface area contributed by atoms with Crippen molar-refractivity contribution in [3.8, 4) is 0 Å². The molecule has 130 valence electrons. The highest BCUT2D eigenvalue weighted by Gasteiger charge is 2.18. The zero-order chi connectivity index (χ0) is 15.8. The van der Waals surface area contributed by atoms with Gasteiger partial charge >= 0.3 is 0 Å². The maximum absolute atomic E-state index is 11.5. The third-order valence-corrected chi connectivity index (χ3v) is 5.11. The normalized spacial score (nSPS) is 14.8. The van der Waals surface area contributed by atoms with Gasteiger partial charge in [0.1, 0.15) is 0 Å². The summed E-state index contributed by atoms with van der Waals surface area (Å²) in [6, 6.07) is 2.09. The van der Waals surface area contributed by atoms with Crippen LogP contribution < -0.4 is 10.6 Å². The van der Waals surface area contributed by atoms with Gasteiger partial charge in [-0.15, -0.1) is 35.3 Å². The van der Waals surface area contributed by atoms with Crippen LogP contribution in [0.1, 0.15) is 31.1 Å². The topological polar surface area (TPSA) is 56.7 Å². The van der Waals surface area contributed by atoms with Crippen molar-refractivity contribution in [1.29, 1.82) is 0 Å². The lowest BCUT2D eigenvalue weighted by Gasteiger charge is -2.16. The van der Waals surface area contributed by atoms with Gasteiger partial charge < -0.3 is 15.5 Å². The van der Waals surface area contributed by atoms with Crippen LogP contribution in [-0.4, -0.2) is 42.9 Å². The molecule has 0 atom stereocenters. The SMILES string of the molecule is CCNC(=NCc1cc(Br)cs1)NCCCN1CCCC1=O.I. The number of likely N-dealkylation sites (tertiary alicyclic amines) is 1. The van der Waals surface area contributed by atoms with Crippen molar-refractivity contribution < 1.29 is 4.79 Å². The van der Waals surface area contributed by atoms with E-state index in [1.54, 1.807) is 11.3 Å². The largest absolute Gasteiger partial charge is 0.357 e. The maximum Gasteiger partial charge on any atom is 0.222 e. The molecule has 2 rings (SSSR count). The second kappa shape index (κ2) is 11.2. The lowest BCUT2D eigenvalue weighted by atomic mass is 10.4. The first-order valence-corrected chi connectivity index (χ1v) is 9.39. The molecule has 1 aromatic heterocycles. The lowest BCUT2D eigenvalue weighted by Crippen LogP contribution is -2.38. The van der Waals surface area contributed by atoms with Gasteiger partial charge in [-0.05, 0) is 41.8 Å². The highest BCUT2D eigenvalue weighted by molar-refractivity contribution is 14.0. The van der Waals surface area contributed by atoms with Crippen molar-refractivity contribution in [2.45, 2.75) is 32.7 Å². The molecule has 1 saturated heterocycles. The summed E-state index contributed by atoms with van der Waals surface area (Å²) in [6.45, 7) is 6.15. The second-order valence-corrected chi connectivity index (χ2v) is 7.10. The molecule has 1 aliphatic heterocycles. The summed E-state index contributed by atoms with van der Waals surface area (Å²) in [5.41, 5.74) is 0. The van der Waals surface area contributed by atoms with E-state index in [4.69, 9.17) is 0 Å². The molecule has 8 heteroatoms. The second-order valence-electron chi connectivity index (χ2n) is 5.19. The number of amides is 1. The fourth-order valence-corrected chi connectivity index (χ4v) is 3.73. The van der Waals surface area contributed by atoms with Crippen LogP contribution in [0.2, 0.25) is 0 Å². The molecule has 0 aliphatic carbocycles. The smallest absolute Gasteiger partial charge is 0.222 e.